The number of hydrogen-bond acceptors (Lipinski definition) is 3. The van der Waals surface area contributed by atoms with E-state index >= 15 is 0 Å². The van der Waals surface area contributed by atoms with E-state index in [0.29, 0.717) is 10.4 Å². The number of aliphatic carboxylic acids is 1. The van der Waals surface area contributed by atoms with Gasteiger partial charge in [-0.3, -0.25) is 4.98 Å². The van der Waals surface area contributed by atoms with Gasteiger partial charge >= 0.3 is 5.97 Å². The number of benzene rings is 1. The predicted octanol–water partition coefficient (Wildman–Crippen LogP) is 2.71. The van der Waals surface area contributed by atoms with Crippen molar-refractivity contribution in [3.8, 4) is 0 Å². The van der Waals surface area contributed by atoms with Crippen molar-refractivity contribution in [3.63, 3.8) is 0 Å². The molecule has 0 saturated carbocycles. The number of carboxylic acid groups (broad SMARTS) is 1. The number of alkyl halides is 1. The molecule has 16 heavy (non-hydrogen) atoms. The Labute approximate surface area is 101 Å². The number of carbonyl (C=O) groups is 1. The highest BCUT2D eigenvalue weighted by Gasteiger charge is 2.41. The van der Waals surface area contributed by atoms with Crippen molar-refractivity contribution in [2.45, 2.75) is 4.87 Å². The molecule has 0 spiro atoms. The molecule has 5 heteroatoms. The van der Waals surface area contributed by atoms with E-state index in [-0.39, 0.29) is 0 Å². The van der Waals surface area contributed by atoms with Crippen molar-refractivity contribution in [3.05, 3.63) is 52.5 Å². The summed E-state index contributed by atoms with van der Waals surface area (Å²) >= 11 is 7.47. The Hall–Kier alpha value is -1.39. The molecule has 0 aliphatic heterocycles. The fourth-order valence-electron chi connectivity index (χ4n) is 1.42. The molecular weight excluding hydrogens is 246 g/mol. The first kappa shape index (κ1) is 11.1. The summed E-state index contributed by atoms with van der Waals surface area (Å²) in [5.74, 6) is -1.09. The lowest BCUT2D eigenvalue weighted by molar-refractivity contribution is -0.139. The van der Waals surface area contributed by atoms with E-state index in [9.17, 15) is 9.90 Å². The monoisotopic (exact) mass is 253 g/mol. The third kappa shape index (κ3) is 1.70. The number of halogens is 1. The minimum absolute atomic E-state index is 0.507. The van der Waals surface area contributed by atoms with Gasteiger partial charge in [0.25, 0.3) is 0 Å². The molecule has 3 nitrogen and oxygen atoms in total. The first-order chi connectivity index (χ1) is 7.65. The van der Waals surface area contributed by atoms with E-state index in [1.54, 1.807) is 29.8 Å². The van der Waals surface area contributed by atoms with Crippen LogP contribution in [0.5, 0.6) is 0 Å². The van der Waals surface area contributed by atoms with Crippen LogP contribution in [0.1, 0.15) is 10.4 Å². The van der Waals surface area contributed by atoms with Crippen LogP contribution in [0.15, 0.2) is 42.0 Å². The van der Waals surface area contributed by atoms with Crippen molar-refractivity contribution < 1.29 is 9.90 Å². The van der Waals surface area contributed by atoms with Crippen LogP contribution in [0.4, 0.5) is 0 Å². The molecule has 1 heterocycles. The third-order valence-corrected chi connectivity index (χ3v) is 3.83. The molecule has 0 radical (unpaired) electrons. The SMILES string of the molecule is O=C(O)C(Cl)(c1ccccc1)c1cncs1. The average Bonchev–Trinajstić information content (AvgIpc) is 2.82. The second-order valence-electron chi connectivity index (χ2n) is 3.20. The largest absolute Gasteiger partial charge is 0.479 e. The Kier molecular flexibility index (Phi) is 2.94. The molecule has 82 valence electrons. The van der Waals surface area contributed by atoms with Gasteiger partial charge in [0.15, 0.2) is 0 Å². The van der Waals surface area contributed by atoms with Crippen LogP contribution >= 0.6 is 22.9 Å². The van der Waals surface area contributed by atoms with Gasteiger partial charge in [-0.25, -0.2) is 4.79 Å². The Morgan fingerprint density at radius 1 is 1.38 bits per heavy atom. The lowest BCUT2D eigenvalue weighted by Gasteiger charge is -2.20. The Morgan fingerprint density at radius 3 is 2.56 bits per heavy atom. The molecule has 0 amide bonds. The molecular formula is C11H8ClNO2S. The highest BCUT2D eigenvalue weighted by molar-refractivity contribution is 7.10. The summed E-state index contributed by atoms with van der Waals surface area (Å²) in [5.41, 5.74) is 2.10. The summed E-state index contributed by atoms with van der Waals surface area (Å²) in [6.07, 6.45) is 1.48. The van der Waals surface area contributed by atoms with Crippen LogP contribution in [0.25, 0.3) is 0 Å². The fraction of sp³-hybridized carbons (Fsp3) is 0.0909. The maximum atomic E-state index is 11.4. The van der Waals surface area contributed by atoms with Crippen LogP contribution in [-0.4, -0.2) is 16.1 Å². The summed E-state index contributed by atoms with van der Waals surface area (Å²) in [5, 5.41) is 9.30. The first-order valence-corrected chi connectivity index (χ1v) is 5.78. The third-order valence-electron chi connectivity index (χ3n) is 2.24. The fourth-order valence-corrected chi connectivity index (χ4v) is 2.46. The maximum absolute atomic E-state index is 11.4. The van der Waals surface area contributed by atoms with E-state index in [1.807, 2.05) is 6.07 Å². The number of nitrogens with zero attached hydrogens (tertiary/aromatic N) is 1. The quantitative estimate of drug-likeness (QED) is 0.856. The summed E-state index contributed by atoms with van der Waals surface area (Å²) in [6.45, 7) is 0. The van der Waals surface area contributed by atoms with E-state index in [0.717, 1.165) is 0 Å². The van der Waals surface area contributed by atoms with Gasteiger partial charge in [-0.05, 0) is 5.56 Å². The van der Waals surface area contributed by atoms with Gasteiger partial charge in [0.05, 0.1) is 10.4 Å². The number of rotatable bonds is 3. The van der Waals surface area contributed by atoms with Crippen molar-refractivity contribution in [1.29, 1.82) is 0 Å². The highest BCUT2D eigenvalue weighted by atomic mass is 35.5. The van der Waals surface area contributed by atoms with E-state index in [1.165, 1.54) is 17.5 Å². The Morgan fingerprint density at radius 2 is 2.06 bits per heavy atom. The van der Waals surface area contributed by atoms with Gasteiger partial charge in [0.1, 0.15) is 0 Å². The van der Waals surface area contributed by atoms with Crippen molar-refractivity contribution in [2.75, 3.05) is 0 Å². The van der Waals surface area contributed by atoms with Crippen LogP contribution in [0.2, 0.25) is 0 Å². The Bertz CT molecular complexity index is 486. The molecule has 1 unspecified atom stereocenters. The maximum Gasteiger partial charge on any atom is 0.334 e. The molecule has 2 aromatic rings. The summed E-state index contributed by atoms with van der Waals surface area (Å²) in [7, 11) is 0. The second-order valence-corrected chi connectivity index (χ2v) is 4.65. The van der Waals surface area contributed by atoms with Gasteiger partial charge < -0.3 is 5.11 Å². The molecule has 1 aromatic heterocycles. The number of carboxylic acids is 1. The second kappa shape index (κ2) is 4.23. The molecule has 1 aromatic carbocycles. The summed E-state index contributed by atoms with van der Waals surface area (Å²) in [6, 6.07) is 8.73. The summed E-state index contributed by atoms with van der Waals surface area (Å²) < 4.78 is 0. The minimum Gasteiger partial charge on any atom is -0.479 e. The van der Waals surface area contributed by atoms with Crippen LogP contribution in [-0.2, 0) is 9.67 Å². The molecule has 1 N–H and O–H groups in total. The van der Waals surface area contributed by atoms with Gasteiger partial charge in [-0.2, -0.15) is 0 Å². The zero-order chi connectivity index (χ0) is 11.6. The van der Waals surface area contributed by atoms with Crippen LogP contribution in [0, 0.1) is 0 Å². The Balaban J connectivity index is 2.58. The number of aromatic nitrogens is 1. The normalized spacial score (nSPS) is 14.3. The molecule has 0 saturated heterocycles. The summed E-state index contributed by atoms with van der Waals surface area (Å²) in [4.78, 5) is 14.2. The number of thiazole rings is 1. The zero-order valence-electron chi connectivity index (χ0n) is 8.13. The van der Waals surface area contributed by atoms with Gasteiger partial charge in [0, 0.05) is 6.20 Å². The van der Waals surface area contributed by atoms with Crippen LogP contribution in [0.3, 0.4) is 0 Å². The van der Waals surface area contributed by atoms with E-state index in [4.69, 9.17) is 11.6 Å². The van der Waals surface area contributed by atoms with Gasteiger partial charge in [0.2, 0.25) is 4.87 Å². The molecule has 0 bridgehead atoms. The minimum atomic E-state index is -1.54. The predicted molar refractivity (Wildman–Crippen MR) is 62.8 cm³/mol. The molecule has 0 aliphatic rings. The average molecular weight is 254 g/mol. The van der Waals surface area contributed by atoms with Crippen LogP contribution < -0.4 is 0 Å². The lowest BCUT2D eigenvalue weighted by atomic mass is 9.97. The lowest BCUT2D eigenvalue weighted by Crippen LogP contribution is -2.29. The van der Waals surface area contributed by atoms with E-state index < -0.39 is 10.8 Å². The van der Waals surface area contributed by atoms with Crippen molar-refractivity contribution in [2.24, 2.45) is 0 Å². The van der Waals surface area contributed by atoms with Crippen molar-refractivity contribution in [1.82, 2.24) is 4.98 Å². The molecule has 0 fully saturated rings. The van der Waals surface area contributed by atoms with Crippen molar-refractivity contribution >= 4 is 28.9 Å². The number of hydrogen-bond donors (Lipinski definition) is 1. The highest BCUT2D eigenvalue weighted by Crippen LogP contribution is 2.38. The smallest absolute Gasteiger partial charge is 0.334 e. The topological polar surface area (TPSA) is 50.2 Å². The zero-order valence-corrected chi connectivity index (χ0v) is 9.70. The van der Waals surface area contributed by atoms with Gasteiger partial charge in [-0.15, -0.1) is 11.3 Å². The van der Waals surface area contributed by atoms with E-state index in [2.05, 4.69) is 4.98 Å². The molecule has 2 rings (SSSR count). The first-order valence-electron chi connectivity index (χ1n) is 4.52. The molecule has 1 atom stereocenters. The molecule has 0 aliphatic carbocycles. The van der Waals surface area contributed by atoms with Gasteiger partial charge in [-0.1, -0.05) is 41.9 Å². The standard InChI is InChI=1S/C11H8ClNO2S/c12-11(10(14)15,9-6-13-7-16-9)8-4-2-1-3-5-8/h1-7H,(H,14,15).